The lowest BCUT2D eigenvalue weighted by Gasteiger charge is -2.26. The minimum Gasteiger partial charge on any atom is -0.419 e. The quantitative estimate of drug-likeness (QED) is 0.215. The van der Waals surface area contributed by atoms with Gasteiger partial charge < -0.3 is 15.2 Å². The Hall–Kier alpha value is -3.81. The van der Waals surface area contributed by atoms with E-state index >= 15 is 0 Å². The van der Waals surface area contributed by atoms with Crippen LogP contribution in [-0.4, -0.2) is 64.6 Å². The molecule has 1 aliphatic carbocycles. The lowest BCUT2D eigenvalue weighted by Crippen LogP contribution is -2.41. The van der Waals surface area contributed by atoms with Crippen molar-refractivity contribution < 1.29 is 22.7 Å². The van der Waals surface area contributed by atoms with Crippen LogP contribution in [0.4, 0.5) is 5.82 Å². The summed E-state index contributed by atoms with van der Waals surface area (Å²) in [6.07, 6.45) is 5.08. The fourth-order valence-electron chi connectivity index (χ4n) is 5.04. The summed E-state index contributed by atoms with van der Waals surface area (Å²) in [7, 11) is -3.49. The van der Waals surface area contributed by atoms with Crippen LogP contribution in [0, 0.1) is 6.92 Å². The predicted octanol–water partition coefficient (Wildman–Crippen LogP) is 4.64. The standard InChI is InChI=1S/C29H26Cl2N6O5S/c1-17-11-18-12-20(13-19(18)14-21(17)16-43(39,40)36-7-9-41-10-8-36)26(38)22-15-34-37(28(22)32)24-4-5-25(35-27(24)31)42-29-23(30)3-2-6-33-29/h2-6,11-12,14-15H,7-10,13,16,32H2,1H3. The van der Waals surface area contributed by atoms with E-state index < -0.39 is 10.0 Å². The Labute approximate surface area is 257 Å². The van der Waals surface area contributed by atoms with Crippen molar-refractivity contribution >= 4 is 50.9 Å². The molecule has 11 nitrogen and oxygen atoms in total. The number of carbonyl (C=O) groups excluding carboxylic acids is 1. The molecule has 3 aromatic heterocycles. The Kier molecular flexibility index (Phi) is 7.96. The second-order valence-electron chi connectivity index (χ2n) is 10.1. The van der Waals surface area contributed by atoms with Gasteiger partial charge in [-0.05, 0) is 53.5 Å². The van der Waals surface area contributed by atoms with Crippen LogP contribution in [0.2, 0.25) is 10.2 Å². The first-order chi connectivity index (χ1) is 20.6. The fraction of sp³-hybridized carbons (Fsp3) is 0.241. The summed E-state index contributed by atoms with van der Waals surface area (Å²) < 4.78 is 39.7. The van der Waals surface area contributed by atoms with Gasteiger partial charge in [0.15, 0.2) is 10.9 Å². The van der Waals surface area contributed by atoms with Gasteiger partial charge in [-0.2, -0.15) is 14.4 Å². The number of pyridine rings is 2. The van der Waals surface area contributed by atoms with Gasteiger partial charge in [0.1, 0.15) is 16.5 Å². The number of ether oxygens (including phenoxy) is 2. The molecule has 0 atom stereocenters. The maximum absolute atomic E-state index is 13.6. The summed E-state index contributed by atoms with van der Waals surface area (Å²) in [6, 6.07) is 10.3. The lowest BCUT2D eigenvalue weighted by atomic mass is 10.0. The zero-order chi connectivity index (χ0) is 30.3. The minimum absolute atomic E-state index is 0.0425. The normalized spacial score (nSPS) is 15.3. The molecule has 1 saturated heterocycles. The van der Waals surface area contributed by atoms with Crippen LogP contribution < -0.4 is 10.5 Å². The number of fused-ring (bicyclic) bond motifs is 1. The molecule has 1 aliphatic heterocycles. The molecule has 0 bridgehead atoms. The molecule has 0 amide bonds. The highest BCUT2D eigenvalue weighted by atomic mass is 35.5. The number of ketones is 1. The molecular weight excluding hydrogens is 615 g/mol. The lowest BCUT2D eigenvalue weighted by molar-refractivity contribution is 0.0729. The van der Waals surface area contributed by atoms with Crippen molar-refractivity contribution in [2.45, 2.75) is 19.1 Å². The summed E-state index contributed by atoms with van der Waals surface area (Å²) >= 11 is 12.5. The molecule has 2 N–H and O–H groups in total. The zero-order valence-electron chi connectivity index (χ0n) is 23.0. The second-order valence-corrected chi connectivity index (χ2v) is 12.9. The number of benzene rings is 1. The Morgan fingerprint density at radius 2 is 1.95 bits per heavy atom. The van der Waals surface area contributed by atoms with Crippen LogP contribution in [0.25, 0.3) is 11.8 Å². The molecule has 222 valence electrons. The molecule has 4 heterocycles. The van der Waals surface area contributed by atoms with Crippen molar-refractivity contribution in [3.8, 4) is 17.4 Å². The van der Waals surface area contributed by atoms with E-state index in [2.05, 4.69) is 15.1 Å². The molecule has 2 aliphatic rings. The number of Topliss-reactive ketones (excluding diaryl/α,β-unsaturated/α-hetero) is 1. The van der Waals surface area contributed by atoms with Crippen LogP contribution >= 0.6 is 23.2 Å². The molecule has 0 spiro atoms. The largest absolute Gasteiger partial charge is 0.419 e. The number of aromatic nitrogens is 4. The van der Waals surface area contributed by atoms with Crippen LogP contribution in [0.15, 0.2) is 54.4 Å². The van der Waals surface area contributed by atoms with E-state index in [1.165, 1.54) is 21.4 Å². The molecule has 0 radical (unpaired) electrons. The summed E-state index contributed by atoms with van der Waals surface area (Å²) in [4.78, 5) is 21.9. The highest BCUT2D eigenvalue weighted by Crippen LogP contribution is 2.33. The predicted molar refractivity (Wildman–Crippen MR) is 162 cm³/mol. The first kappa shape index (κ1) is 29.3. The Morgan fingerprint density at radius 1 is 1.16 bits per heavy atom. The topological polar surface area (TPSA) is 143 Å². The van der Waals surface area contributed by atoms with Crippen LogP contribution in [0.1, 0.15) is 32.6 Å². The van der Waals surface area contributed by atoms with Crippen molar-refractivity contribution in [3.63, 3.8) is 0 Å². The number of aryl methyl sites for hydroxylation is 1. The number of nitrogen functional groups attached to an aromatic ring is 1. The van der Waals surface area contributed by atoms with E-state index in [9.17, 15) is 13.2 Å². The summed E-state index contributed by atoms with van der Waals surface area (Å²) in [5, 5.41) is 4.65. The number of nitrogens with two attached hydrogens (primary N) is 1. The molecule has 6 rings (SSSR count). The van der Waals surface area contributed by atoms with Crippen molar-refractivity contribution in [1.29, 1.82) is 0 Å². The molecular formula is C29H26Cl2N6O5S. The number of carbonyl (C=O) groups is 1. The van der Waals surface area contributed by atoms with Crippen molar-refractivity contribution in [1.82, 2.24) is 24.1 Å². The average Bonchev–Trinajstić information content (AvgIpc) is 3.57. The number of morpholine rings is 1. The van der Waals surface area contributed by atoms with E-state index in [-0.39, 0.29) is 39.8 Å². The smallest absolute Gasteiger partial charge is 0.240 e. The number of sulfonamides is 1. The number of anilines is 1. The van der Waals surface area contributed by atoms with Crippen molar-refractivity contribution in [3.05, 3.63) is 92.4 Å². The summed E-state index contributed by atoms with van der Waals surface area (Å²) in [5.74, 6) is 0.0497. The molecule has 0 saturated carbocycles. The number of halogens is 2. The number of rotatable bonds is 8. The van der Waals surface area contributed by atoms with Crippen molar-refractivity contribution in [2.24, 2.45) is 0 Å². The average molecular weight is 642 g/mol. The van der Waals surface area contributed by atoms with Gasteiger partial charge in [-0.1, -0.05) is 35.3 Å². The first-order valence-electron chi connectivity index (χ1n) is 13.3. The molecule has 14 heteroatoms. The maximum atomic E-state index is 13.6. The third-order valence-corrected chi connectivity index (χ3v) is 9.70. The molecule has 1 aromatic carbocycles. The van der Waals surface area contributed by atoms with Gasteiger partial charge in [0, 0.05) is 37.3 Å². The van der Waals surface area contributed by atoms with E-state index in [1.807, 2.05) is 25.1 Å². The Bertz CT molecular complexity index is 1890. The first-order valence-corrected chi connectivity index (χ1v) is 15.7. The highest BCUT2D eigenvalue weighted by Gasteiger charge is 2.28. The van der Waals surface area contributed by atoms with Gasteiger partial charge >= 0.3 is 0 Å². The molecule has 0 unspecified atom stereocenters. The SMILES string of the molecule is Cc1cc2c(cc1CS(=O)(=O)N1CCOCC1)CC(C(=O)c1cnn(-c3ccc(Oc4ncccc4Cl)nc3Cl)c1N)=C2. The van der Waals surface area contributed by atoms with Gasteiger partial charge in [0.25, 0.3) is 0 Å². The van der Waals surface area contributed by atoms with E-state index in [0.29, 0.717) is 54.6 Å². The van der Waals surface area contributed by atoms with Gasteiger partial charge in [-0.3, -0.25) is 4.79 Å². The highest BCUT2D eigenvalue weighted by molar-refractivity contribution is 7.88. The Balaban J connectivity index is 1.19. The third kappa shape index (κ3) is 5.89. The van der Waals surface area contributed by atoms with Gasteiger partial charge in [-0.25, -0.2) is 18.1 Å². The monoisotopic (exact) mass is 640 g/mol. The summed E-state index contributed by atoms with van der Waals surface area (Å²) in [6.45, 7) is 3.35. The van der Waals surface area contributed by atoms with E-state index in [1.54, 1.807) is 24.3 Å². The van der Waals surface area contributed by atoms with Crippen LogP contribution in [0.5, 0.6) is 11.8 Å². The van der Waals surface area contributed by atoms with Crippen molar-refractivity contribution in [2.75, 3.05) is 32.0 Å². The Morgan fingerprint density at radius 3 is 2.70 bits per heavy atom. The minimum atomic E-state index is -3.49. The van der Waals surface area contributed by atoms with Gasteiger partial charge in [0.2, 0.25) is 21.8 Å². The van der Waals surface area contributed by atoms with E-state index in [4.69, 9.17) is 38.4 Å². The third-order valence-electron chi connectivity index (χ3n) is 7.31. The van der Waals surface area contributed by atoms with Crippen LogP contribution in [0.3, 0.4) is 0 Å². The molecule has 1 fully saturated rings. The zero-order valence-corrected chi connectivity index (χ0v) is 25.3. The fourth-order valence-corrected chi connectivity index (χ4v) is 7.02. The van der Waals surface area contributed by atoms with E-state index in [0.717, 1.165) is 16.7 Å². The maximum Gasteiger partial charge on any atom is 0.240 e. The summed E-state index contributed by atoms with van der Waals surface area (Å²) in [5.41, 5.74) is 10.8. The number of nitrogens with zero attached hydrogens (tertiary/aromatic N) is 5. The molecule has 4 aromatic rings. The van der Waals surface area contributed by atoms with Crippen LogP contribution in [-0.2, 0) is 26.9 Å². The number of hydrogen-bond acceptors (Lipinski definition) is 9. The number of hydrogen-bond donors (Lipinski definition) is 1. The number of allylic oxidation sites excluding steroid dienone is 1. The second kappa shape index (κ2) is 11.7. The molecule has 43 heavy (non-hydrogen) atoms. The van der Waals surface area contributed by atoms with Gasteiger partial charge in [-0.15, -0.1) is 0 Å². The van der Waals surface area contributed by atoms with Gasteiger partial charge in [0.05, 0.1) is 30.7 Å².